The van der Waals surface area contributed by atoms with E-state index in [1.165, 1.54) is 0 Å². The van der Waals surface area contributed by atoms with Gasteiger partial charge in [0.25, 0.3) is 5.91 Å². The first-order valence-electron chi connectivity index (χ1n) is 12.0. The number of aryl methyl sites for hydroxylation is 1. The first-order chi connectivity index (χ1) is 16.6. The minimum atomic E-state index is -0.307. The van der Waals surface area contributed by atoms with E-state index in [2.05, 4.69) is 4.90 Å². The van der Waals surface area contributed by atoms with Crippen LogP contribution in [0.3, 0.4) is 0 Å². The van der Waals surface area contributed by atoms with Crippen LogP contribution in [-0.2, 0) is 4.79 Å². The molecule has 0 unspecified atom stereocenters. The van der Waals surface area contributed by atoms with Gasteiger partial charge in [-0.1, -0.05) is 78.4 Å². The summed E-state index contributed by atoms with van der Waals surface area (Å²) < 4.78 is 0. The van der Waals surface area contributed by atoms with Gasteiger partial charge in [0.2, 0.25) is 5.91 Å². The molecule has 2 aliphatic heterocycles. The average molecular weight is 471 g/mol. The lowest BCUT2D eigenvalue weighted by Gasteiger charge is -2.44. The summed E-state index contributed by atoms with van der Waals surface area (Å²) in [5.74, 6) is 0.892. The number of likely N-dealkylation sites (tertiary alicyclic amines) is 1. The number of piperidine rings is 1. The van der Waals surface area contributed by atoms with Gasteiger partial charge in [-0.3, -0.25) is 9.59 Å². The maximum atomic E-state index is 13.8. The summed E-state index contributed by atoms with van der Waals surface area (Å²) in [5, 5.41) is 0. The minimum Gasteiger partial charge on any atom is -0.342 e. The lowest BCUT2D eigenvalue weighted by atomic mass is 9.89. The van der Waals surface area contributed by atoms with Crippen molar-refractivity contribution in [3.63, 3.8) is 0 Å². The zero-order valence-electron chi connectivity index (χ0n) is 19.5. The number of hydrogen-bond acceptors (Lipinski definition) is 3. The highest BCUT2D eigenvalue weighted by Gasteiger charge is 2.47. The van der Waals surface area contributed by atoms with E-state index < -0.39 is 0 Å². The van der Waals surface area contributed by atoms with Gasteiger partial charge in [-0.25, -0.2) is 0 Å². The van der Waals surface area contributed by atoms with Gasteiger partial charge >= 0.3 is 0 Å². The molecule has 5 heteroatoms. The number of hydrogen-bond donors (Lipinski definition) is 0. The fourth-order valence-corrected chi connectivity index (χ4v) is 6.64. The smallest absolute Gasteiger partial charge is 0.254 e. The molecule has 3 aromatic carbocycles. The van der Waals surface area contributed by atoms with Crippen LogP contribution in [-0.4, -0.2) is 51.9 Å². The third-order valence-electron chi connectivity index (χ3n) is 7.09. The molecule has 0 atom stereocenters. The number of carbonyl (C=O) groups excluding carboxylic acids is 2. The first-order valence-corrected chi connectivity index (χ1v) is 13.0. The topological polar surface area (TPSA) is 40.6 Å². The van der Waals surface area contributed by atoms with Crippen LogP contribution in [0.1, 0.15) is 45.8 Å². The second-order valence-electron chi connectivity index (χ2n) is 9.20. The van der Waals surface area contributed by atoms with E-state index in [1.54, 1.807) is 0 Å². The van der Waals surface area contributed by atoms with E-state index in [4.69, 9.17) is 0 Å². The summed E-state index contributed by atoms with van der Waals surface area (Å²) in [4.78, 5) is 31.0. The van der Waals surface area contributed by atoms with Gasteiger partial charge < -0.3 is 9.80 Å². The SMILES string of the molecule is Cc1ccc(C(=O)N2CCSC23CCN(C(=O)C(c2ccccc2)c2ccccc2)CC3)cc1. The Bertz CT molecular complexity index is 1100. The molecule has 0 aromatic heterocycles. The van der Waals surface area contributed by atoms with Crippen molar-refractivity contribution in [3.8, 4) is 0 Å². The van der Waals surface area contributed by atoms with E-state index >= 15 is 0 Å². The molecular weight excluding hydrogens is 440 g/mol. The van der Waals surface area contributed by atoms with Crippen LogP contribution in [0.25, 0.3) is 0 Å². The molecule has 2 fully saturated rings. The minimum absolute atomic E-state index is 0.108. The van der Waals surface area contributed by atoms with E-state index in [0.717, 1.165) is 47.4 Å². The zero-order chi connectivity index (χ0) is 23.5. The molecular formula is C29H30N2O2S. The normalized spacial score (nSPS) is 17.4. The molecule has 174 valence electrons. The number of carbonyl (C=O) groups is 2. The van der Waals surface area contributed by atoms with Crippen LogP contribution in [0.4, 0.5) is 0 Å². The van der Waals surface area contributed by atoms with Gasteiger partial charge in [-0.05, 0) is 43.0 Å². The van der Waals surface area contributed by atoms with Gasteiger partial charge in [0, 0.05) is 31.0 Å². The fourth-order valence-electron chi connectivity index (χ4n) is 5.19. The van der Waals surface area contributed by atoms with E-state index in [-0.39, 0.29) is 22.6 Å². The van der Waals surface area contributed by atoms with Crippen LogP contribution < -0.4 is 0 Å². The Kier molecular flexibility index (Phi) is 6.46. The molecule has 2 saturated heterocycles. The average Bonchev–Trinajstić information content (AvgIpc) is 3.28. The largest absolute Gasteiger partial charge is 0.342 e. The van der Waals surface area contributed by atoms with Gasteiger partial charge in [0.1, 0.15) is 0 Å². The van der Waals surface area contributed by atoms with Crippen molar-refractivity contribution >= 4 is 23.6 Å². The highest BCUT2D eigenvalue weighted by molar-refractivity contribution is 8.00. The number of amides is 2. The number of rotatable bonds is 4. The van der Waals surface area contributed by atoms with Crippen molar-refractivity contribution in [1.82, 2.24) is 9.80 Å². The van der Waals surface area contributed by atoms with E-state index in [0.29, 0.717) is 13.1 Å². The maximum Gasteiger partial charge on any atom is 0.254 e. The van der Waals surface area contributed by atoms with Crippen LogP contribution in [0, 0.1) is 6.92 Å². The fraction of sp³-hybridized carbons (Fsp3) is 0.310. The highest BCUT2D eigenvalue weighted by Crippen LogP contribution is 2.45. The second-order valence-corrected chi connectivity index (χ2v) is 10.7. The standard InChI is InChI=1S/C29H30N2O2S/c1-22-12-14-25(15-13-22)27(32)31-20-21-34-29(31)16-18-30(19-17-29)28(33)26(23-8-4-2-5-9-23)24-10-6-3-7-11-24/h2-15,26H,16-21H2,1H3. The van der Waals surface area contributed by atoms with Crippen molar-refractivity contribution in [2.75, 3.05) is 25.4 Å². The quantitative estimate of drug-likeness (QED) is 0.517. The molecule has 5 rings (SSSR count). The molecule has 2 amide bonds. The van der Waals surface area contributed by atoms with Crippen LogP contribution in [0.5, 0.6) is 0 Å². The molecule has 0 radical (unpaired) electrons. The van der Waals surface area contributed by atoms with Crippen molar-refractivity contribution in [2.45, 2.75) is 30.6 Å². The van der Waals surface area contributed by atoms with Crippen LogP contribution >= 0.6 is 11.8 Å². The molecule has 2 aliphatic rings. The van der Waals surface area contributed by atoms with Crippen molar-refractivity contribution < 1.29 is 9.59 Å². The number of thioether (sulfide) groups is 1. The summed E-state index contributed by atoms with van der Waals surface area (Å²) in [6.07, 6.45) is 1.61. The third kappa shape index (κ3) is 4.37. The summed E-state index contributed by atoms with van der Waals surface area (Å²) in [7, 11) is 0. The molecule has 4 nitrogen and oxygen atoms in total. The monoisotopic (exact) mass is 470 g/mol. The summed E-state index contributed by atoms with van der Waals surface area (Å²) in [6, 6.07) is 27.9. The number of benzene rings is 3. The maximum absolute atomic E-state index is 13.8. The second kappa shape index (κ2) is 9.67. The van der Waals surface area contributed by atoms with Crippen molar-refractivity contribution in [2.24, 2.45) is 0 Å². The molecule has 0 N–H and O–H groups in total. The molecule has 0 bridgehead atoms. The Morgan fingerprint density at radius 2 is 1.35 bits per heavy atom. The molecule has 3 aromatic rings. The van der Waals surface area contributed by atoms with Crippen LogP contribution in [0.15, 0.2) is 84.9 Å². The number of nitrogens with zero attached hydrogens (tertiary/aromatic N) is 2. The van der Waals surface area contributed by atoms with Gasteiger partial charge in [-0.2, -0.15) is 0 Å². The Morgan fingerprint density at radius 1 is 0.794 bits per heavy atom. The summed E-state index contributed by atoms with van der Waals surface area (Å²) in [5.41, 5.74) is 3.94. The zero-order valence-corrected chi connectivity index (χ0v) is 20.3. The van der Waals surface area contributed by atoms with Crippen molar-refractivity contribution in [3.05, 3.63) is 107 Å². The highest BCUT2D eigenvalue weighted by atomic mass is 32.2. The molecule has 34 heavy (non-hydrogen) atoms. The third-order valence-corrected chi connectivity index (χ3v) is 8.64. The summed E-state index contributed by atoms with van der Waals surface area (Å²) in [6.45, 7) is 4.13. The van der Waals surface area contributed by atoms with E-state index in [9.17, 15) is 9.59 Å². The molecule has 0 aliphatic carbocycles. The van der Waals surface area contributed by atoms with Crippen molar-refractivity contribution in [1.29, 1.82) is 0 Å². The Morgan fingerprint density at radius 3 is 1.91 bits per heavy atom. The molecule has 1 spiro atoms. The predicted octanol–water partition coefficient (Wildman–Crippen LogP) is 5.33. The first kappa shape index (κ1) is 22.7. The Labute approximate surface area is 206 Å². The Balaban J connectivity index is 1.34. The molecule has 0 saturated carbocycles. The molecule has 2 heterocycles. The summed E-state index contributed by atoms with van der Waals surface area (Å²) >= 11 is 1.88. The van der Waals surface area contributed by atoms with E-state index in [1.807, 2.05) is 109 Å². The van der Waals surface area contributed by atoms with Gasteiger partial charge in [-0.15, -0.1) is 11.8 Å². The van der Waals surface area contributed by atoms with Gasteiger partial charge in [0.15, 0.2) is 0 Å². The van der Waals surface area contributed by atoms with Gasteiger partial charge in [0.05, 0.1) is 10.8 Å². The van der Waals surface area contributed by atoms with Crippen LogP contribution in [0.2, 0.25) is 0 Å². The predicted molar refractivity (Wildman–Crippen MR) is 138 cm³/mol. The Hall–Kier alpha value is -3.05. The lowest BCUT2D eigenvalue weighted by molar-refractivity contribution is -0.133. The lowest BCUT2D eigenvalue weighted by Crippen LogP contribution is -2.54.